The maximum Gasteiger partial charge on any atom is 0.310 e. The minimum absolute atomic E-state index is 0.0817. The van der Waals surface area contributed by atoms with E-state index in [1.807, 2.05) is 0 Å². The molecule has 1 fully saturated rings. The van der Waals surface area contributed by atoms with E-state index in [0.717, 1.165) is 0 Å². The Kier molecular flexibility index (Phi) is 5.18. The molecule has 7 heteroatoms. The molecular weight excluding hydrogens is 282 g/mol. The Hall–Kier alpha value is -1.11. The second-order valence-electron chi connectivity index (χ2n) is 6.05. The Labute approximate surface area is 119 Å². The summed E-state index contributed by atoms with van der Waals surface area (Å²) in [5.41, 5.74) is -1.11. The lowest BCUT2D eigenvalue weighted by molar-refractivity contribution is -0.153. The van der Waals surface area contributed by atoms with Crippen LogP contribution in [0.3, 0.4) is 0 Å². The molecule has 1 saturated heterocycles. The average Bonchev–Trinajstić information content (AvgIpc) is 2.31. The van der Waals surface area contributed by atoms with Crippen LogP contribution in [0.15, 0.2) is 0 Å². The van der Waals surface area contributed by atoms with E-state index < -0.39 is 21.2 Å². The number of aliphatic carboxylic acids is 1. The molecule has 116 valence electrons. The number of hydrogen-bond donors (Lipinski definition) is 2. The quantitative estimate of drug-likeness (QED) is 0.783. The van der Waals surface area contributed by atoms with E-state index in [-0.39, 0.29) is 35.8 Å². The van der Waals surface area contributed by atoms with E-state index in [9.17, 15) is 23.1 Å². The van der Waals surface area contributed by atoms with Gasteiger partial charge >= 0.3 is 5.97 Å². The molecule has 2 N–H and O–H groups in total. The van der Waals surface area contributed by atoms with E-state index in [1.165, 1.54) is 0 Å². The molecule has 1 amide bonds. The van der Waals surface area contributed by atoms with Crippen molar-refractivity contribution in [3.05, 3.63) is 0 Å². The first-order chi connectivity index (χ1) is 9.07. The molecule has 0 aromatic heterocycles. The van der Waals surface area contributed by atoms with Crippen molar-refractivity contribution in [2.24, 2.45) is 11.3 Å². The molecule has 0 bridgehead atoms. The van der Waals surface area contributed by atoms with Gasteiger partial charge in [-0.15, -0.1) is 0 Å². The van der Waals surface area contributed by atoms with E-state index in [2.05, 4.69) is 5.32 Å². The summed E-state index contributed by atoms with van der Waals surface area (Å²) in [4.78, 5) is 23.3. The number of carboxylic acids is 1. The van der Waals surface area contributed by atoms with Crippen molar-refractivity contribution >= 4 is 21.7 Å². The number of carboxylic acid groups (broad SMARTS) is 1. The van der Waals surface area contributed by atoms with E-state index in [1.54, 1.807) is 20.8 Å². The van der Waals surface area contributed by atoms with E-state index in [0.29, 0.717) is 12.8 Å². The molecule has 0 spiro atoms. The molecule has 1 aliphatic rings. The highest BCUT2D eigenvalue weighted by molar-refractivity contribution is 7.91. The van der Waals surface area contributed by atoms with Crippen LogP contribution in [0.4, 0.5) is 0 Å². The molecular formula is C13H23NO5S. The molecule has 0 aromatic rings. The van der Waals surface area contributed by atoms with Crippen LogP contribution < -0.4 is 5.32 Å². The summed E-state index contributed by atoms with van der Waals surface area (Å²) in [5, 5.41) is 12.0. The summed E-state index contributed by atoms with van der Waals surface area (Å²) in [6.45, 7) is 5.11. The Morgan fingerprint density at radius 1 is 1.30 bits per heavy atom. The Morgan fingerprint density at radius 3 is 2.20 bits per heavy atom. The van der Waals surface area contributed by atoms with Crippen molar-refractivity contribution in [1.29, 1.82) is 0 Å². The van der Waals surface area contributed by atoms with Crippen LogP contribution in [0.25, 0.3) is 0 Å². The number of carbonyl (C=O) groups is 2. The highest BCUT2D eigenvalue weighted by Crippen LogP contribution is 2.31. The SMILES string of the molecule is CC(C)C(C)(CC(=O)NC1CCS(=O)(=O)CC1)C(=O)O. The zero-order valence-electron chi connectivity index (χ0n) is 12.2. The number of carbonyl (C=O) groups excluding carboxylic acids is 1. The predicted molar refractivity (Wildman–Crippen MR) is 75.0 cm³/mol. The standard InChI is InChI=1S/C13H23NO5S/c1-9(2)13(3,12(16)17)8-11(15)14-10-4-6-20(18,19)7-5-10/h9-10H,4-8H2,1-3H3,(H,14,15)(H,16,17). The highest BCUT2D eigenvalue weighted by atomic mass is 32.2. The van der Waals surface area contributed by atoms with Gasteiger partial charge in [-0.2, -0.15) is 0 Å². The number of rotatable bonds is 5. The van der Waals surface area contributed by atoms with Gasteiger partial charge in [-0.25, -0.2) is 8.42 Å². The van der Waals surface area contributed by atoms with Crippen LogP contribution in [0.5, 0.6) is 0 Å². The van der Waals surface area contributed by atoms with Gasteiger partial charge in [-0.1, -0.05) is 13.8 Å². The summed E-state index contributed by atoms with van der Waals surface area (Å²) in [6.07, 6.45) is 0.711. The molecule has 1 unspecified atom stereocenters. The molecule has 0 aliphatic carbocycles. The Balaban J connectivity index is 2.58. The molecule has 1 atom stereocenters. The monoisotopic (exact) mass is 305 g/mol. The second kappa shape index (κ2) is 6.11. The topological polar surface area (TPSA) is 101 Å². The number of hydrogen-bond acceptors (Lipinski definition) is 4. The van der Waals surface area contributed by atoms with Gasteiger partial charge in [0.15, 0.2) is 0 Å². The smallest absolute Gasteiger partial charge is 0.310 e. The first-order valence-electron chi connectivity index (χ1n) is 6.80. The van der Waals surface area contributed by atoms with Crippen LogP contribution in [0, 0.1) is 11.3 Å². The van der Waals surface area contributed by atoms with Crippen molar-refractivity contribution < 1.29 is 23.1 Å². The van der Waals surface area contributed by atoms with Gasteiger partial charge < -0.3 is 10.4 Å². The van der Waals surface area contributed by atoms with Crippen LogP contribution >= 0.6 is 0 Å². The van der Waals surface area contributed by atoms with Gasteiger partial charge in [-0.05, 0) is 25.7 Å². The Bertz CT molecular complexity index is 471. The van der Waals surface area contributed by atoms with Crippen molar-refractivity contribution in [3.63, 3.8) is 0 Å². The normalized spacial score (nSPS) is 22.2. The van der Waals surface area contributed by atoms with Gasteiger partial charge in [0, 0.05) is 12.5 Å². The van der Waals surface area contributed by atoms with Crippen LogP contribution in [0.2, 0.25) is 0 Å². The molecule has 0 radical (unpaired) electrons. The summed E-state index contributed by atoms with van der Waals surface area (Å²) in [6, 6.07) is -0.170. The van der Waals surface area contributed by atoms with Gasteiger partial charge in [0.05, 0.1) is 16.9 Å². The summed E-state index contributed by atoms with van der Waals surface area (Å²) in [7, 11) is -2.96. The van der Waals surface area contributed by atoms with Gasteiger partial charge in [0.1, 0.15) is 9.84 Å². The third-order valence-corrected chi connectivity index (χ3v) is 5.93. The number of amides is 1. The molecule has 20 heavy (non-hydrogen) atoms. The summed E-state index contributed by atoms with van der Waals surface area (Å²) in [5.74, 6) is -1.32. The fourth-order valence-electron chi connectivity index (χ4n) is 2.17. The maximum absolute atomic E-state index is 12.0. The van der Waals surface area contributed by atoms with Crippen LogP contribution in [-0.2, 0) is 19.4 Å². The first-order valence-corrected chi connectivity index (χ1v) is 8.62. The summed E-state index contributed by atoms with van der Waals surface area (Å²) >= 11 is 0. The fourth-order valence-corrected chi connectivity index (χ4v) is 3.66. The fraction of sp³-hybridized carbons (Fsp3) is 0.846. The lowest BCUT2D eigenvalue weighted by atomic mass is 9.76. The van der Waals surface area contributed by atoms with Gasteiger partial charge in [0.2, 0.25) is 5.91 Å². The zero-order chi connectivity index (χ0) is 15.6. The minimum atomic E-state index is -2.96. The number of nitrogens with one attached hydrogen (secondary N) is 1. The van der Waals surface area contributed by atoms with Crippen molar-refractivity contribution in [1.82, 2.24) is 5.32 Å². The third-order valence-electron chi connectivity index (χ3n) is 4.21. The molecule has 0 saturated carbocycles. The third kappa shape index (κ3) is 4.19. The largest absolute Gasteiger partial charge is 0.481 e. The molecule has 6 nitrogen and oxygen atoms in total. The molecule has 1 heterocycles. The van der Waals surface area contributed by atoms with Crippen molar-refractivity contribution in [3.8, 4) is 0 Å². The molecule has 1 rings (SSSR count). The zero-order valence-corrected chi connectivity index (χ0v) is 13.0. The van der Waals surface area contributed by atoms with Gasteiger partial charge in [-0.3, -0.25) is 9.59 Å². The first kappa shape index (κ1) is 16.9. The van der Waals surface area contributed by atoms with E-state index in [4.69, 9.17) is 0 Å². The highest BCUT2D eigenvalue weighted by Gasteiger charge is 2.39. The van der Waals surface area contributed by atoms with Crippen LogP contribution in [-0.4, -0.2) is 42.9 Å². The second-order valence-corrected chi connectivity index (χ2v) is 8.35. The molecule has 0 aromatic carbocycles. The van der Waals surface area contributed by atoms with E-state index >= 15 is 0 Å². The molecule has 1 aliphatic heterocycles. The lowest BCUT2D eigenvalue weighted by Crippen LogP contribution is -2.44. The number of sulfone groups is 1. The predicted octanol–water partition coefficient (Wildman–Crippen LogP) is 0.817. The van der Waals surface area contributed by atoms with Gasteiger partial charge in [0.25, 0.3) is 0 Å². The van der Waals surface area contributed by atoms with Crippen molar-refractivity contribution in [2.75, 3.05) is 11.5 Å². The average molecular weight is 305 g/mol. The lowest BCUT2D eigenvalue weighted by Gasteiger charge is -2.30. The minimum Gasteiger partial charge on any atom is -0.481 e. The van der Waals surface area contributed by atoms with Crippen molar-refractivity contribution in [2.45, 2.75) is 46.1 Å². The maximum atomic E-state index is 12.0. The summed E-state index contributed by atoms with van der Waals surface area (Å²) < 4.78 is 22.6. The van der Waals surface area contributed by atoms with Crippen LogP contribution in [0.1, 0.15) is 40.0 Å². The Morgan fingerprint density at radius 2 is 1.80 bits per heavy atom.